The van der Waals surface area contributed by atoms with Crippen molar-refractivity contribution in [3.8, 4) is 6.07 Å². The predicted octanol–water partition coefficient (Wildman–Crippen LogP) is 4.02. The Labute approximate surface area is 152 Å². The number of nitriles is 1. The molecular formula is C22H19N3O. The molecule has 0 aliphatic carbocycles. The first-order valence-electron chi connectivity index (χ1n) is 8.44. The zero-order valence-electron chi connectivity index (χ0n) is 14.3. The highest BCUT2D eigenvalue weighted by Gasteiger charge is 2.08. The van der Waals surface area contributed by atoms with E-state index in [-0.39, 0.29) is 11.5 Å². The Hall–Kier alpha value is -3.58. The standard InChI is InChI=1S/C22H19N3O/c23-15-19(22(26)24-14-13-17-7-2-1-3-8-17)16-25-21-12-6-10-18-9-4-5-11-20(18)21/h1-12,16,25H,13-14H2,(H,24,26)/b19-16-. The second kappa shape index (κ2) is 8.50. The smallest absolute Gasteiger partial charge is 0.263 e. The number of hydrogen-bond acceptors (Lipinski definition) is 3. The molecule has 128 valence electrons. The van der Waals surface area contributed by atoms with Gasteiger partial charge in [0, 0.05) is 23.8 Å². The summed E-state index contributed by atoms with van der Waals surface area (Å²) in [5.41, 5.74) is 2.04. The van der Waals surface area contributed by atoms with E-state index >= 15 is 0 Å². The first-order valence-corrected chi connectivity index (χ1v) is 8.44. The van der Waals surface area contributed by atoms with Crippen LogP contribution in [0, 0.1) is 11.3 Å². The topological polar surface area (TPSA) is 64.9 Å². The molecule has 4 nitrogen and oxygen atoms in total. The van der Waals surface area contributed by atoms with Gasteiger partial charge < -0.3 is 10.6 Å². The Morgan fingerprint density at radius 3 is 2.50 bits per heavy atom. The largest absolute Gasteiger partial charge is 0.360 e. The average molecular weight is 341 g/mol. The Morgan fingerprint density at radius 1 is 0.962 bits per heavy atom. The molecule has 0 bridgehead atoms. The number of carbonyl (C=O) groups excluding carboxylic acids is 1. The highest BCUT2D eigenvalue weighted by molar-refractivity contribution is 5.98. The van der Waals surface area contributed by atoms with Gasteiger partial charge in [0.1, 0.15) is 11.6 Å². The molecule has 0 unspecified atom stereocenters. The average Bonchev–Trinajstić information content (AvgIpc) is 2.69. The van der Waals surface area contributed by atoms with E-state index in [2.05, 4.69) is 10.6 Å². The maximum atomic E-state index is 12.2. The van der Waals surface area contributed by atoms with Crippen molar-refractivity contribution in [2.45, 2.75) is 6.42 Å². The number of fused-ring (bicyclic) bond motifs is 1. The third-order valence-electron chi connectivity index (χ3n) is 4.07. The van der Waals surface area contributed by atoms with Gasteiger partial charge in [-0.15, -0.1) is 0 Å². The normalized spacial score (nSPS) is 11.0. The number of nitrogens with zero attached hydrogens (tertiary/aromatic N) is 1. The number of anilines is 1. The molecule has 0 spiro atoms. The van der Waals surface area contributed by atoms with Crippen molar-refractivity contribution < 1.29 is 4.79 Å². The first kappa shape index (κ1) is 17.2. The molecule has 0 radical (unpaired) electrons. The van der Waals surface area contributed by atoms with Crippen molar-refractivity contribution in [1.29, 1.82) is 5.26 Å². The lowest BCUT2D eigenvalue weighted by molar-refractivity contribution is -0.117. The quantitative estimate of drug-likeness (QED) is 0.526. The molecule has 4 heteroatoms. The fourth-order valence-corrected chi connectivity index (χ4v) is 2.71. The summed E-state index contributed by atoms with van der Waals surface area (Å²) < 4.78 is 0. The van der Waals surface area contributed by atoms with Crippen LogP contribution in [0.15, 0.2) is 84.6 Å². The molecule has 0 fully saturated rings. The van der Waals surface area contributed by atoms with Gasteiger partial charge in [-0.2, -0.15) is 5.26 Å². The Morgan fingerprint density at radius 2 is 1.69 bits per heavy atom. The maximum Gasteiger partial charge on any atom is 0.263 e. The van der Waals surface area contributed by atoms with Gasteiger partial charge in [-0.3, -0.25) is 4.79 Å². The molecule has 0 aliphatic heterocycles. The first-order chi connectivity index (χ1) is 12.8. The van der Waals surface area contributed by atoms with Crippen LogP contribution in [-0.2, 0) is 11.2 Å². The summed E-state index contributed by atoms with van der Waals surface area (Å²) in [6.45, 7) is 0.482. The zero-order chi connectivity index (χ0) is 18.2. The Bertz CT molecular complexity index is 966. The number of benzene rings is 3. The fraction of sp³-hybridized carbons (Fsp3) is 0.0909. The highest BCUT2D eigenvalue weighted by atomic mass is 16.1. The third-order valence-corrected chi connectivity index (χ3v) is 4.07. The SMILES string of the molecule is N#C/C(=C/Nc1cccc2ccccc12)C(=O)NCCc1ccccc1. The minimum Gasteiger partial charge on any atom is -0.360 e. The lowest BCUT2D eigenvalue weighted by atomic mass is 10.1. The third kappa shape index (κ3) is 4.28. The molecule has 3 aromatic carbocycles. The van der Waals surface area contributed by atoms with Crippen LogP contribution in [0.3, 0.4) is 0 Å². The van der Waals surface area contributed by atoms with Gasteiger partial charge in [0.05, 0.1) is 0 Å². The van der Waals surface area contributed by atoms with Gasteiger partial charge >= 0.3 is 0 Å². The van der Waals surface area contributed by atoms with Crippen molar-refractivity contribution in [3.63, 3.8) is 0 Å². The van der Waals surface area contributed by atoms with E-state index in [1.807, 2.05) is 78.9 Å². The summed E-state index contributed by atoms with van der Waals surface area (Å²) in [6, 6.07) is 25.7. The van der Waals surface area contributed by atoms with Crippen LogP contribution in [0.5, 0.6) is 0 Å². The molecular weight excluding hydrogens is 322 g/mol. The van der Waals surface area contributed by atoms with E-state index in [9.17, 15) is 10.1 Å². The molecule has 3 rings (SSSR count). The van der Waals surface area contributed by atoms with E-state index in [0.29, 0.717) is 6.54 Å². The Balaban J connectivity index is 1.64. The van der Waals surface area contributed by atoms with Crippen molar-refractivity contribution in [3.05, 3.63) is 90.1 Å². The minimum absolute atomic E-state index is 0.0472. The van der Waals surface area contributed by atoms with Gasteiger partial charge in [0.15, 0.2) is 0 Å². The summed E-state index contributed by atoms with van der Waals surface area (Å²) in [4.78, 5) is 12.2. The van der Waals surface area contributed by atoms with Crippen LogP contribution < -0.4 is 10.6 Å². The van der Waals surface area contributed by atoms with Gasteiger partial charge in [-0.25, -0.2) is 0 Å². The molecule has 26 heavy (non-hydrogen) atoms. The maximum absolute atomic E-state index is 12.2. The molecule has 0 heterocycles. The van der Waals surface area contributed by atoms with E-state index < -0.39 is 0 Å². The Kier molecular flexibility index (Phi) is 5.64. The van der Waals surface area contributed by atoms with Gasteiger partial charge in [0.2, 0.25) is 0 Å². The van der Waals surface area contributed by atoms with Crippen molar-refractivity contribution in [2.75, 3.05) is 11.9 Å². The lowest BCUT2D eigenvalue weighted by Gasteiger charge is -2.07. The van der Waals surface area contributed by atoms with Gasteiger partial charge in [-0.05, 0) is 23.4 Å². The van der Waals surface area contributed by atoms with Crippen LogP contribution in [-0.4, -0.2) is 12.5 Å². The number of carbonyl (C=O) groups is 1. The van der Waals surface area contributed by atoms with E-state index in [4.69, 9.17) is 0 Å². The second-order valence-corrected chi connectivity index (χ2v) is 5.83. The number of amides is 1. The van der Waals surface area contributed by atoms with E-state index in [0.717, 1.165) is 28.4 Å². The fourth-order valence-electron chi connectivity index (χ4n) is 2.71. The van der Waals surface area contributed by atoms with Crippen molar-refractivity contribution in [2.24, 2.45) is 0 Å². The predicted molar refractivity (Wildman–Crippen MR) is 104 cm³/mol. The van der Waals surface area contributed by atoms with Crippen LogP contribution in [0.1, 0.15) is 5.56 Å². The van der Waals surface area contributed by atoms with Crippen LogP contribution in [0.2, 0.25) is 0 Å². The molecule has 1 amide bonds. The monoisotopic (exact) mass is 341 g/mol. The molecule has 2 N–H and O–H groups in total. The van der Waals surface area contributed by atoms with Crippen LogP contribution in [0.4, 0.5) is 5.69 Å². The molecule has 0 saturated heterocycles. The highest BCUT2D eigenvalue weighted by Crippen LogP contribution is 2.23. The summed E-state index contributed by atoms with van der Waals surface area (Å²) >= 11 is 0. The molecule has 3 aromatic rings. The second-order valence-electron chi connectivity index (χ2n) is 5.83. The van der Waals surface area contributed by atoms with E-state index in [1.54, 1.807) is 0 Å². The minimum atomic E-state index is -0.379. The molecule has 0 aromatic heterocycles. The molecule has 0 atom stereocenters. The lowest BCUT2D eigenvalue weighted by Crippen LogP contribution is -2.27. The molecule has 0 saturated carbocycles. The summed E-state index contributed by atoms with van der Waals surface area (Å²) in [7, 11) is 0. The summed E-state index contributed by atoms with van der Waals surface area (Å²) in [5.74, 6) is -0.379. The van der Waals surface area contributed by atoms with Crippen LogP contribution in [0.25, 0.3) is 10.8 Å². The summed E-state index contributed by atoms with van der Waals surface area (Å²) in [6.07, 6.45) is 2.18. The summed E-state index contributed by atoms with van der Waals surface area (Å²) in [5, 5.41) is 17.3. The van der Waals surface area contributed by atoms with Crippen LogP contribution >= 0.6 is 0 Å². The number of nitrogens with one attached hydrogen (secondary N) is 2. The van der Waals surface area contributed by atoms with Crippen molar-refractivity contribution >= 4 is 22.4 Å². The van der Waals surface area contributed by atoms with Gasteiger partial charge in [0.25, 0.3) is 5.91 Å². The van der Waals surface area contributed by atoms with E-state index in [1.165, 1.54) is 6.20 Å². The van der Waals surface area contributed by atoms with Gasteiger partial charge in [-0.1, -0.05) is 66.7 Å². The zero-order valence-corrected chi connectivity index (χ0v) is 14.3. The number of hydrogen-bond donors (Lipinski definition) is 2. The number of rotatable bonds is 6. The van der Waals surface area contributed by atoms with Crippen molar-refractivity contribution in [1.82, 2.24) is 5.32 Å². The molecule has 0 aliphatic rings.